The van der Waals surface area contributed by atoms with Crippen molar-refractivity contribution in [2.24, 2.45) is 0 Å². The van der Waals surface area contributed by atoms with E-state index in [1.807, 2.05) is 24.0 Å². The fourth-order valence-electron chi connectivity index (χ4n) is 5.14. The number of carbonyl (C=O) groups is 1. The van der Waals surface area contributed by atoms with Crippen molar-refractivity contribution in [2.45, 2.75) is 64.8 Å². The number of anilines is 1. The number of carbonyl (C=O) groups excluding carboxylic acids is 1. The number of aromatic nitrogens is 3. The maximum Gasteiger partial charge on any atom is 0.272 e. The lowest BCUT2D eigenvalue weighted by atomic mass is 10.1. The number of halogens is 1. The first-order valence-electron chi connectivity index (χ1n) is 12.3. The zero-order valence-electron chi connectivity index (χ0n) is 19.6. The van der Waals surface area contributed by atoms with E-state index in [9.17, 15) is 4.79 Å². The Bertz CT molecular complexity index is 1170. The van der Waals surface area contributed by atoms with E-state index in [0.717, 1.165) is 69.5 Å². The first kappa shape index (κ1) is 21.9. The highest BCUT2D eigenvalue weighted by Gasteiger charge is 2.25. The number of benzene rings is 1. The lowest BCUT2D eigenvalue weighted by molar-refractivity contribution is 0.0692. The van der Waals surface area contributed by atoms with Gasteiger partial charge in [0.05, 0.1) is 5.69 Å². The van der Waals surface area contributed by atoms with Gasteiger partial charge >= 0.3 is 0 Å². The number of hydrogen-bond acceptors (Lipinski definition) is 4. The van der Waals surface area contributed by atoms with Gasteiger partial charge in [-0.2, -0.15) is 5.10 Å². The lowest BCUT2D eigenvalue weighted by Gasteiger charge is -2.27. The van der Waals surface area contributed by atoms with E-state index < -0.39 is 0 Å². The van der Waals surface area contributed by atoms with Crippen LogP contribution in [0.3, 0.4) is 0 Å². The molecule has 4 heterocycles. The molecule has 0 saturated carbocycles. The summed E-state index contributed by atoms with van der Waals surface area (Å²) in [7, 11) is 0. The Kier molecular flexibility index (Phi) is 6.04. The van der Waals surface area contributed by atoms with Gasteiger partial charge in [0.1, 0.15) is 11.5 Å². The van der Waals surface area contributed by atoms with E-state index in [1.165, 1.54) is 0 Å². The molecule has 33 heavy (non-hydrogen) atoms. The number of amides is 1. The van der Waals surface area contributed by atoms with Crippen molar-refractivity contribution in [3.05, 3.63) is 47.5 Å². The van der Waals surface area contributed by atoms with Gasteiger partial charge in [0, 0.05) is 48.7 Å². The summed E-state index contributed by atoms with van der Waals surface area (Å²) in [5.41, 5.74) is 3.84. The van der Waals surface area contributed by atoms with Crippen molar-refractivity contribution in [2.75, 3.05) is 24.5 Å². The van der Waals surface area contributed by atoms with Crippen molar-refractivity contribution < 1.29 is 9.18 Å². The van der Waals surface area contributed by atoms with Crippen LogP contribution in [0.25, 0.3) is 16.9 Å². The molecule has 2 saturated heterocycles. The molecule has 0 N–H and O–H groups in total. The highest BCUT2D eigenvalue weighted by Crippen LogP contribution is 2.29. The summed E-state index contributed by atoms with van der Waals surface area (Å²) >= 11 is 0. The summed E-state index contributed by atoms with van der Waals surface area (Å²) in [5, 5.41) is 4.66. The van der Waals surface area contributed by atoms with Gasteiger partial charge in [-0.3, -0.25) is 4.79 Å². The van der Waals surface area contributed by atoms with E-state index >= 15 is 4.39 Å². The van der Waals surface area contributed by atoms with Gasteiger partial charge in [-0.25, -0.2) is 13.9 Å². The number of aryl methyl sites for hydroxylation is 1. The van der Waals surface area contributed by atoms with Crippen LogP contribution < -0.4 is 4.90 Å². The lowest BCUT2D eigenvalue weighted by Crippen LogP contribution is -2.38. The summed E-state index contributed by atoms with van der Waals surface area (Å²) < 4.78 is 16.8. The second-order valence-electron chi connectivity index (χ2n) is 9.34. The molecular formula is C26H32FN5O. The zero-order chi connectivity index (χ0) is 22.9. The fraction of sp³-hybridized carbons (Fsp3) is 0.500. The first-order chi connectivity index (χ1) is 16.0. The van der Waals surface area contributed by atoms with E-state index in [4.69, 9.17) is 0 Å². The van der Waals surface area contributed by atoms with Crippen LogP contribution in [-0.2, 0) is 6.42 Å². The normalized spacial score (nSPS) is 19.3. The number of fused-ring (bicyclic) bond motifs is 1. The largest absolute Gasteiger partial charge is 0.371 e. The molecular weight excluding hydrogens is 417 g/mol. The summed E-state index contributed by atoms with van der Waals surface area (Å²) in [5.74, 6) is -0.305. The third-order valence-electron chi connectivity index (χ3n) is 7.10. The molecule has 7 heteroatoms. The highest BCUT2D eigenvalue weighted by molar-refractivity contribution is 5.93. The number of likely N-dealkylation sites (tertiary alicyclic amines) is 1. The van der Waals surface area contributed by atoms with Crippen LogP contribution in [-0.4, -0.2) is 51.1 Å². The average Bonchev–Trinajstić information content (AvgIpc) is 3.45. The maximum atomic E-state index is 15.1. The van der Waals surface area contributed by atoms with Gasteiger partial charge < -0.3 is 9.80 Å². The van der Waals surface area contributed by atoms with Gasteiger partial charge in [0.15, 0.2) is 5.65 Å². The van der Waals surface area contributed by atoms with Crippen molar-refractivity contribution >= 4 is 17.2 Å². The number of rotatable bonds is 4. The predicted molar refractivity (Wildman–Crippen MR) is 128 cm³/mol. The first-order valence-corrected chi connectivity index (χ1v) is 12.3. The molecule has 3 aromatic rings. The Morgan fingerprint density at radius 1 is 1.06 bits per heavy atom. The SMILES string of the molecule is CCc1cc(C(=O)N2CCCCC[C@H]2C)nc2cc(-c3ccc(N4CCCC4)cc3F)nn12. The Hall–Kier alpha value is -2.96. The topological polar surface area (TPSA) is 53.7 Å². The number of nitrogens with zero attached hydrogens (tertiary/aromatic N) is 5. The third-order valence-corrected chi connectivity index (χ3v) is 7.10. The Labute approximate surface area is 194 Å². The second-order valence-corrected chi connectivity index (χ2v) is 9.34. The summed E-state index contributed by atoms with van der Waals surface area (Å²) in [4.78, 5) is 22.2. The molecule has 2 aliphatic rings. The van der Waals surface area contributed by atoms with Crippen LogP contribution in [0.1, 0.15) is 68.6 Å². The molecule has 0 aliphatic carbocycles. The monoisotopic (exact) mass is 449 g/mol. The van der Waals surface area contributed by atoms with Gasteiger partial charge in [0.2, 0.25) is 0 Å². The molecule has 2 fully saturated rings. The maximum absolute atomic E-state index is 15.1. The predicted octanol–water partition coefficient (Wildman–Crippen LogP) is 5.10. The van der Waals surface area contributed by atoms with Crippen LogP contribution in [0, 0.1) is 5.82 Å². The molecule has 0 radical (unpaired) electrons. The Balaban J connectivity index is 1.49. The fourth-order valence-corrected chi connectivity index (χ4v) is 5.14. The minimum Gasteiger partial charge on any atom is -0.371 e. The van der Waals surface area contributed by atoms with Gasteiger partial charge in [-0.1, -0.05) is 19.8 Å². The van der Waals surface area contributed by atoms with E-state index in [1.54, 1.807) is 22.7 Å². The van der Waals surface area contributed by atoms with E-state index in [0.29, 0.717) is 29.0 Å². The molecule has 0 unspecified atom stereocenters. The molecule has 1 aromatic carbocycles. The van der Waals surface area contributed by atoms with Crippen molar-refractivity contribution in [3.8, 4) is 11.3 Å². The van der Waals surface area contributed by atoms with E-state index in [-0.39, 0.29) is 17.8 Å². The van der Waals surface area contributed by atoms with Crippen LogP contribution >= 0.6 is 0 Å². The average molecular weight is 450 g/mol. The molecule has 0 bridgehead atoms. The van der Waals surface area contributed by atoms with Gasteiger partial charge in [-0.05, 0) is 63.3 Å². The standard InChI is InChI=1S/C26H32FN5O/c1-3-19-16-24(26(33)31-14-6-4-5-9-18(31)2)28-25-17-23(29-32(19)25)21-11-10-20(15-22(21)27)30-12-7-8-13-30/h10-11,15-18H,3-9,12-14H2,1-2H3/t18-/m1/s1. The number of hydrogen-bond donors (Lipinski definition) is 0. The molecule has 174 valence electrons. The summed E-state index contributed by atoms with van der Waals surface area (Å²) in [6.45, 7) is 6.87. The molecule has 6 nitrogen and oxygen atoms in total. The molecule has 0 spiro atoms. The minimum atomic E-state index is -0.282. The highest BCUT2D eigenvalue weighted by atomic mass is 19.1. The van der Waals surface area contributed by atoms with Crippen LogP contribution in [0.5, 0.6) is 0 Å². The zero-order valence-corrected chi connectivity index (χ0v) is 19.6. The molecule has 2 aliphatic heterocycles. The smallest absolute Gasteiger partial charge is 0.272 e. The van der Waals surface area contributed by atoms with Crippen LogP contribution in [0.4, 0.5) is 10.1 Å². The van der Waals surface area contributed by atoms with Crippen molar-refractivity contribution in [3.63, 3.8) is 0 Å². The van der Waals surface area contributed by atoms with Gasteiger partial charge in [-0.15, -0.1) is 0 Å². The molecule has 1 atom stereocenters. The molecule has 1 amide bonds. The second kappa shape index (κ2) is 9.12. The van der Waals surface area contributed by atoms with Gasteiger partial charge in [0.25, 0.3) is 5.91 Å². The van der Waals surface area contributed by atoms with E-state index in [2.05, 4.69) is 21.9 Å². The van der Waals surface area contributed by atoms with Crippen molar-refractivity contribution in [1.29, 1.82) is 0 Å². The third kappa shape index (κ3) is 4.21. The summed E-state index contributed by atoms with van der Waals surface area (Å²) in [6.07, 6.45) is 7.38. The molecule has 5 rings (SSSR count). The quantitative estimate of drug-likeness (QED) is 0.556. The van der Waals surface area contributed by atoms with Crippen LogP contribution in [0.15, 0.2) is 30.3 Å². The van der Waals surface area contributed by atoms with Crippen LogP contribution in [0.2, 0.25) is 0 Å². The Morgan fingerprint density at radius 3 is 2.61 bits per heavy atom. The van der Waals surface area contributed by atoms with Crippen molar-refractivity contribution in [1.82, 2.24) is 19.5 Å². The molecule has 2 aromatic heterocycles. The minimum absolute atomic E-state index is 0.0227. The Morgan fingerprint density at radius 2 is 1.85 bits per heavy atom. The summed E-state index contributed by atoms with van der Waals surface area (Å²) in [6, 6.07) is 9.23.